The first kappa shape index (κ1) is 8.25. The molecule has 0 aromatic rings. The molecule has 0 aliphatic heterocycles. The SMILES string of the molecule is NS(=O)(=O)C(F)(F)Br. The van der Waals surface area contributed by atoms with Gasteiger partial charge in [0.25, 0.3) is 10.0 Å². The van der Waals surface area contributed by atoms with Gasteiger partial charge in [0.15, 0.2) is 0 Å². The van der Waals surface area contributed by atoms with E-state index in [0.717, 1.165) is 0 Å². The van der Waals surface area contributed by atoms with Gasteiger partial charge in [-0.1, -0.05) is 0 Å². The van der Waals surface area contributed by atoms with Gasteiger partial charge in [-0.25, -0.2) is 13.6 Å². The largest absolute Gasteiger partial charge is 0.413 e. The zero-order valence-corrected chi connectivity index (χ0v) is 5.84. The normalized spacial score (nSPS) is 14.0. The van der Waals surface area contributed by atoms with Crippen LogP contribution in [0.1, 0.15) is 0 Å². The summed E-state index contributed by atoms with van der Waals surface area (Å²) in [5, 5.41) is 3.99. The molecule has 0 amide bonds. The lowest BCUT2D eigenvalue weighted by Crippen LogP contribution is -2.28. The molecule has 0 radical (unpaired) electrons. The van der Waals surface area contributed by atoms with E-state index >= 15 is 0 Å². The van der Waals surface area contributed by atoms with Gasteiger partial charge < -0.3 is 0 Å². The Morgan fingerprint density at radius 2 is 1.62 bits per heavy atom. The fourth-order valence-electron chi connectivity index (χ4n) is 0. The Morgan fingerprint density at radius 1 is 1.50 bits per heavy atom. The van der Waals surface area contributed by atoms with E-state index in [2.05, 4.69) is 5.14 Å². The molecular formula is CH2BrF2NO2S. The standard InChI is InChI=1S/CH2BrF2NO2S/c2-1(3,4)8(5,6)7/h(H2,5,6,7). The van der Waals surface area contributed by atoms with E-state index in [1.807, 2.05) is 0 Å². The van der Waals surface area contributed by atoms with Crippen LogP contribution >= 0.6 is 15.9 Å². The molecule has 0 heterocycles. The van der Waals surface area contributed by atoms with E-state index in [9.17, 15) is 17.2 Å². The van der Waals surface area contributed by atoms with Crippen molar-refractivity contribution in [1.29, 1.82) is 0 Å². The average molecular weight is 210 g/mol. The molecule has 0 aliphatic rings. The molecule has 0 bridgehead atoms. The summed E-state index contributed by atoms with van der Waals surface area (Å²) in [4.78, 5) is 0. The van der Waals surface area contributed by atoms with Crippen molar-refractivity contribution in [2.45, 2.75) is 4.16 Å². The van der Waals surface area contributed by atoms with Crippen molar-refractivity contribution < 1.29 is 17.2 Å². The van der Waals surface area contributed by atoms with Crippen LogP contribution in [0, 0.1) is 0 Å². The summed E-state index contributed by atoms with van der Waals surface area (Å²) in [6, 6.07) is 0. The predicted molar refractivity (Wildman–Crippen MR) is 27.0 cm³/mol. The molecule has 0 aromatic carbocycles. The third-order valence-corrected chi connectivity index (χ3v) is 2.32. The van der Waals surface area contributed by atoms with Crippen molar-refractivity contribution in [3.8, 4) is 0 Å². The highest BCUT2D eigenvalue weighted by molar-refractivity contribution is 9.11. The van der Waals surface area contributed by atoms with Crippen molar-refractivity contribution in [3.63, 3.8) is 0 Å². The first-order valence-corrected chi connectivity index (χ1v) is 3.68. The fourth-order valence-corrected chi connectivity index (χ4v) is 0. The Labute approximate surface area is 53.0 Å². The van der Waals surface area contributed by atoms with Crippen molar-refractivity contribution in [1.82, 2.24) is 0 Å². The number of halogens is 3. The lowest BCUT2D eigenvalue weighted by Gasteiger charge is -2.01. The van der Waals surface area contributed by atoms with Gasteiger partial charge in [0.2, 0.25) is 0 Å². The number of hydrogen-bond donors (Lipinski definition) is 1. The Morgan fingerprint density at radius 3 is 1.62 bits per heavy atom. The van der Waals surface area contributed by atoms with Crippen molar-refractivity contribution in [2.24, 2.45) is 5.14 Å². The number of rotatable bonds is 1. The Bertz CT molecular complexity index is 169. The third kappa shape index (κ3) is 2.01. The molecule has 8 heavy (non-hydrogen) atoms. The van der Waals surface area contributed by atoms with Crippen LogP contribution in [-0.4, -0.2) is 12.6 Å². The second-order valence-corrected chi connectivity index (χ2v) is 4.11. The lowest BCUT2D eigenvalue weighted by molar-refractivity contribution is 0.204. The Kier molecular flexibility index (Phi) is 1.95. The summed E-state index contributed by atoms with van der Waals surface area (Å²) in [6.07, 6.45) is 0. The van der Waals surface area contributed by atoms with Crippen LogP contribution < -0.4 is 5.14 Å². The molecule has 7 heteroatoms. The highest BCUT2D eigenvalue weighted by Gasteiger charge is 2.38. The number of hydrogen-bond acceptors (Lipinski definition) is 2. The van der Waals surface area contributed by atoms with Crippen LogP contribution in [0.15, 0.2) is 0 Å². The third-order valence-electron chi connectivity index (χ3n) is 0.323. The predicted octanol–water partition coefficient (Wildman–Crippen LogP) is 0.220. The van der Waals surface area contributed by atoms with E-state index in [1.54, 1.807) is 15.9 Å². The summed E-state index contributed by atoms with van der Waals surface area (Å²) in [5.74, 6) is 0. The topological polar surface area (TPSA) is 60.2 Å². The second kappa shape index (κ2) is 1.89. The van der Waals surface area contributed by atoms with Crippen LogP contribution in [0.2, 0.25) is 0 Å². The first-order valence-electron chi connectivity index (χ1n) is 1.34. The maximum absolute atomic E-state index is 11.4. The van der Waals surface area contributed by atoms with Crippen molar-refractivity contribution in [3.05, 3.63) is 0 Å². The molecule has 0 aromatic heterocycles. The van der Waals surface area contributed by atoms with E-state index < -0.39 is 14.2 Å². The van der Waals surface area contributed by atoms with E-state index in [-0.39, 0.29) is 0 Å². The highest BCUT2D eigenvalue weighted by atomic mass is 79.9. The molecule has 50 valence electrons. The molecule has 0 atom stereocenters. The van der Waals surface area contributed by atoms with Crippen LogP contribution in [0.5, 0.6) is 0 Å². The van der Waals surface area contributed by atoms with Gasteiger partial charge >= 0.3 is 4.16 Å². The summed E-state index contributed by atoms with van der Waals surface area (Å²) in [5.41, 5.74) is 0. The van der Waals surface area contributed by atoms with Crippen LogP contribution in [0.25, 0.3) is 0 Å². The fraction of sp³-hybridized carbons (Fsp3) is 1.00. The van der Waals surface area contributed by atoms with E-state index in [0.29, 0.717) is 0 Å². The molecule has 3 nitrogen and oxygen atoms in total. The van der Waals surface area contributed by atoms with Gasteiger partial charge in [0.05, 0.1) is 0 Å². The van der Waals surface area contributed by atoms with Gasteiger partial charge in [-0.2, -0.15) is 8.78 Å². The molecule has 0 spiro atoms. The summed E-state index contributed by atoms with van der Waals surface area (Å²) in [6.45, 7) is 0. The molecule has 0 rings (SSSR count). The second-order valence-electron chi connectivity index (χ2n) is 0.991. The minimum atomic E-state index is -4.76. The van der Waals surface area contributed by atoms with Gasteiger partial charge in [0.1, 0.15) is 0 Å². The molecule has 0 saturated carbocycles. The maximum atomic E-state index is 11.4. The number of alkyl halides is 3. The summed E-state index contributed by atoms with van der Waals surface area (Å²) in [7, 11) is -4.76. The smallest absolute Gasteiger partial charge is 0.223 e. The monoisotopic (exact) mass is 209 g/mol. The number of sulfonamides is 1. The molecule has 0 unspecified atom stereocenters. The molecular weight excluding hydrogens is 208 g/mol. The maximum Gasteiger partial charge on any atom is 0.413 e. The first-order chi connectivity index (χ1) is 3.25. The van der Waals surface area contributed by atoms with Crippen LogP contribution in [0.4, 0.5) is 8.78 Å². The highest BCUT2D eigenvalue weighted by Crippen LogP contribution is 2.25. The molecule has 0 saturated heterocycles. The van der Waals surface area contributed by atoms with Crippen LogP contribution in [-0.2, 0) is 10.0 Å². The van der Waals surface area contributed by atoms with Crippen molar-refractivity contribution in [2.75, 3.05) is 0 Å². The molecule has 2 N–H and O–H groups in total. The molecule has 0 fully saturated rings. The van der Waals surface area contributed by atoms with E-state index in [1.165, 1.54) is 0 Å². The zero-order chi connectivity index (χ0) is 7.00. The summed E-state index contributed by atoms with van der Waals surface area (Å²) < 4.78 is 38.1. The molecule has 0 aliphatic carbocycles. The Hall–Kier alpha value is 0.250. The Balaban J connectivity index is 4.53. The van der Waals surface area contributed by atoms with Gasteiger partial charge in [0, 0.05) is 15.9 Å². The minimum absolute atomic E-state index is 1.55. The van der Waals surface area contributed by atoms with Gasteiger partial charge in [-0.15, -0.1) is 0 Å². The number of nitrogens with two attached hydrogens (primary N) is 1. The minimum Gasteiger partial charge on any atom is -0.223 e. The van der Waals surface area contributed by atoms with Crippen molar-refractivity contribution >= 4 is 26.0 Å². The van der Waals surface area contributed by atoms with Gasteiger partial charge in [-0.3, -0.25) is 0 Å². The zero-order valence-electron chi connectivity index (χ0n) is 3.44. The number of primary sulfonamides is 1. The lowest BCUT2D eigenvalue weighted by atomic mass is 11.7. The summed E-state index contributed by atoms with van der Waals surface area (Å²) >= 11 is 1.55. The van der Waals surface area contributed by atoms with Gasteiger partial charge in [-0.05, 0) is 0 Å². The van der Waals surface area contributed by atoms with E-state index in [4.69, 9.17) is 0 Å². The van der Waals surface area contributed by atoms with Crippen LogP contribution in [0.3, 0.4) is 0 Å². The average Bonchev–Trinajstić information content (AvgIpc) is 1.25. The quantitative estimate of drug-likeness (QED) is 0.629.